The third kappa shape index (κ3) is 6.27. The Balaban J connectivity index is 2.44. The van der Waals surface area contributed by atoms with Gasteiger partial charge < -0.3 is 20.7 Å². The standard InChI is InChI=1S/C16H28N3O4/c1-10(11(2)16(17)22)5-6-14(21)18-15-12(20)9-23-13(15)7-8-19(3)4/h6,10-11,13,15H,5,7-9H2,1-4H3,(H2,17,22)(H,18,21)/t10?,11?,13-,15?/m0/s1. The smallest absolute Gasteiger partial charge is 0.224 e. The molecule has 0 bridgehead atoms. The summed E-state index contributed by atoms with van der Waals surface area (Å²) in [6, 6.07) is -0.595. The Morgan fingerprint density at radius 1 is 1.43 bits per heavy atom. The number of ether oxygens (including phenoxy) is 1. The van der Waals surface area contributed by atoms with Crippen LogP contribution in [0.3, 0.4) is 0 Å². The van der Waals surface area contributed by atoms with Crippen molar-refractivity contribution in [2.24, 2.45) is 17.6 Å². The zero-order chi connectivity index (χ0) is 17.6. The summed E-state index contributed by atoms with van der Waals surface area (Å²) in [6.07, 6.45) is 2.29. The quantitative estimate of drug-likeness (QED) is 0.608. The molecule has 7 nitrogen and oxygen atoms in total. The SMILES string of the molecule is CC(C[CH]C(=O)NC1C(=O)CO[C@H]1CCN(C)C)C(C)C(N)=O. The molecule has 0 aromatic heterocycles. The number of carbonyl (C=O) groups is 3. The molecule has 0 aromatic carbocycles. The van der Waals surface area contributed by atoms with E-state index in [1.165, 1.54) is 6.42 Å². The summed E-state index contributed by atoms with van der Waals surface area (Å²) in [5.41, 5.74) is 5.25. The zero-order valence-corrected chi connectivity index (χ0v) is 14.4. The molecule has 1 aliphatic rings. The fourth-order valence-electron chi connectivity index (χ4n) is 2.38. The third-order valence-corrected chi connectivity index (χ3v) is 4.29. The fraction of sp³-hybridized carbons (Fsp3) is 0.750. The number of amides is 2. The number of nitrogens with two attached hydrogens (primary N) is 1. The average Bonchev–Trinajstić information content (AvgIpc) is 2.82. The number of nitrogens with one attached hydrogen (secondary N) is 1. The molecule has 7 heteroatoms. The predicted octanol–water partition coefficient (Wildman–Crippen LogP) is -0.257. The molecule has 0 saturated carbocycles. The summed E-state index contributed by atoms with van der Waals surface area (Å²) in [5.74, 6) is -1.13. The van der Waals surface area contributed by atoms with Gasteiger partial charge in [-0.25, -0.2) is 0 Å². The molecule has 0 aliphatic carbocycles. The largest absolute Gasteiger partial charge is 0.369 e. The molecule has 1 heterocycles. The topological polar surface area (TPSA) is 102 Å². The van der Waals surface area contributed by atoms with Crippen LogP contribution >= 0.6 is 0 Å². The second kappa shape index (κ2) is 8.98. The van der Waals surface area contributed by atoms with Gasteiger partial charge in [0.15, 0.2) is 5.78 Å². The summed E-state index contributed by atoms with van der Waals surface area (Å²) in [7, 11) is 3.89. The van der Waals surface area contributed by atoms with Crippen molar-refractivity contribution in [3.05, 3.63) is 6.42 Å². The summed E-state index contributed by atoms with van der Waals surface area (Å²) >= 11 is 0. The lowest BCUT2D eigenvalue weighted by atomic mass is 9.91. The molecule has 23 heavy (non-hydrogen) atoms. The Morgan fingerprint density at radius 2 is 2.09 bits per heavy atom. The number of carbonyl (C=O) groups excluding carboxylic acids is 3. The van der Waals surface area contributed by atoms with E-state index in [1.54, 1.807) is 6.92 Å². The van der Waals surface area contributed by atoms with Crippen molar-refractivity contribution < 1.29 is 19.1 Å². The summed E-state index contributed by atoms with van der Waals surface area (Å²) in [5, 5.41) is 2.72. The van der Waals surface area contributed by atoms with Crippen LogP contribution in [0.5, 0.6) is 0 Å². The lowest BCUT2D eigenvalue weighted by molar-refractivity contribution is -0.125. The molecular weight excluding hydrogens is 298 g/mol. The Kier molecular flexibility index (Phi) is 7.64. The predicted molar refractivity (Wildman–Crippen MR) is 86.3 cm³/mol. The van der Waals surface area contributed by atoms with E-state index in [1.807, 2.05) is 25.9 Å². The number of hydrogen-bond donors (Lipinski definition) is 2. The van der Waals surface area contributed by atoms with Crippen LogP contribution in [0, 0.1) is 18.3 Å². The van der Waals surface area contributed by atoms with Crippen LogP contribution in [0.2, 0.25) is 0 Å². The van der Waals surface area contributed by atoms with Crippen LogP contribution in [0.25, 0.3) is 0 Å². The number of nitrogens with zero attached hydrogens (tertiary/aromatic N) is 1. The molecule has 2 amide bonds. The number of rotatable bonds is 9. The van der Waals surface area contributed by atoms with Crippen LogP contribution in [-0.2, 0) is 19.1 Å². The van der Waals surface area contributed by atoms with Gasteiger partial charge in [0.25, 0.3) is 0 Å². The highest BCUT2D eigenvalue weighted by molar-refractivity contribution is 5.94. The lowest BCUT2D eigenvalue weighted by Gasteiger charge is -2.21. The Morgan fingerprint density at radius 3 is 2.65 bits per heavy atom. The van der Waals surface area contributed by atoms with Gasteiger partial charge in [0.2, 0.25) is 11.8 Å². The minimum Gasteiger partial charge on any atom is -0.369 e. The zero-order valence-electron chi connectivity index (χ0n) is 14.4. The Bertz CT molecular complexity index is 439. The molecule has 1 fully saturated rings. The summed E-state index contributed by atoms with van der Waals surface area (Å²) in [4.78, 5) is 37.0. The first-order valence-electron chi connectivity index (χ1n) is 7.94. The van der Waals surface area contributed by atoms with E-state index >= 15 is 0 Å². The summed E-state index contributed by atoms with van der Waals surface area (Å²) in [6.45, 7) is 4.42. The fourth-order valence-corrected chi connectivity index (χ4v) is 2.38. The number of primary amides is 1. The van der Waals surface area contributed by atoms with Gasteiger partial charge in [0.05, 0.1) is 6.10 Å². The van der Waals surface area contributed by atoms with Crippen molar-refractivity contribution in [1.29, 1.82) is 0 Å². The van der Waals surface area contributed by atoms with Crippen LogP contribution in [0.4, 0.5) is 0 Å². The molecule has 1 radical (unpaired) electrons. The molecule has 0 spiro atoms. The number of ketones is 1. The van der Waals surface area contributed by atoms with Crippen LogP contribution in [0.1, 0.15) is 26.7 Å². The van der Waals surface area contributed by atoms with Crippen molar-refractivity contribution in [2.75, 3.05) is 27.2 Å². The monoisotopic (exact) mass is 326 g/mol. The number of Topliss-reactive ketones (excluding diaryl/α,β-unsaturated/α-hetero) is 1. The first-order chi connectivity index (χ1) is 10.7. The van der Waals surface area contributed by atoms with Gasteiger partial charge in [0, 0.05) is 18.9 Å². The molecular formula is C16H28N3O4. The highest BCUT2D eigenvalue weighted by Gasteiger charge is 2.36. The van der Waals surface area contributed by atoms with Gasteiger partial charge in [-0.05, 0) is 32.9 Å². The molecule has 3 N–H and O–H groups in total. The molecule has 0 aromatic rings. The lowest BCUT2D eigenvalue weighted by Crippen LogP contribution is -2.45. The van der Waals surface area contributed by atoms with Gasteiger partial charge in [0.1, 0.15) is 12.6 Å². The van der Waals surface area contributed by atoms with E-state index in [0.717, 1.165) is 6.54 Å². The van der Waals surface area contributed by atoms with Gasteiger partial charge in [-0.3, -0.25) is 14.4 Å². The first kappa shape index (κ1) is 19.6. The maximum absolute atomic E-state index is 12.0. The van der Waals surface area contributed by atoms with E-state index in [2.05, 4.69) is 5.32 Å². The minimum atomic E-state index is -0.595. The van der Waals surface area contributed by atoms with Crippen molar-refractivity contribution in [2.45, 2.75) is 38.8 Å². The number of hydrogen-bond acceptors (Lipinski definition) is 5. The van der Waals surface area contributed by atoms with Crippen LogP contribution in [-0.4, -0.2) is 61.9 Å². The molecule has 4 atom stereocenters. The Hall–Kier alpha value is -1.47. The van der Waals surface area contributed by atoms with Crippen molar-refractivity contribution in [3.8, 4) is 0 Å². The van der Waals surface area contributed by atoms with E-state index in [0.29, 0.717) is 12.8 Å². The average molecular weight is 326 g/mol. The second-order valence-corrected chi connectivity index (χ2v) is 6.50. The summed E-state index contributed by atoms with van der Waals surface area (Å²) < 4.78 is 5.46. The van der Waals surface area contributed by atoms with Gasteiger partial charge in [-0.15, -0.1) is 0 Å². The first-order valence-corrected chi connectivity index (χ1v) is 7.94. The van der Waals surface area contributed by atoms with Gasteiger partial charge >= 0.3 is 0 Å². The van der Waals surface area contributed by atoms with E-state index in [9.17, 15) is 14.4 Å². The van der Waals surface area contributed by atoms with E-state index in [-0.39, 0.29) is 42.1 Å². The van der Waals surface area contributed by atoms with Crippen LogP contribution < -0.4 is 11.1 Å². The highest BCUT2D eigenvalue weighted by atomic mass is 16.5. The second-order valence-electron chi connectivity index (χ2n) is 6.50. The third-order valence-electron chi connectivity index (χ3n) is 4.29. The minimum absolute atomic E-state index is 0.0293. The van der Waals surface area contributed by atoms with Crippen molar-refractivity contribution >= 4 is 17.6 Å². The normalized spacial score (nSPS) is 23.8. The molecule has 3 unspecified atom stereocenters. The van der Waals surface area contributed by atoms with Crippen molar-refractivity contribution in [1.82, 2.24) is 10.2 Å². The highest BCUT2D eigenvalue weighted by Crippen LogP contribution is 2.17. The molecule has 1 saturated heterocycles. The maximum atomic E-state index is 12.0. The molecule has 1 rings (SSSR count). The van der Waals surface area contributed by atoms with E-state index < -0.39 is 6.04 Å². The molecule has 1 aliphatic heterocycles. The van der Waals surface area contributed by atoms with Crippen molar-refractivity contribution in [3.63, 3.8) is 0 Å². The van der Waals surface area contributed by atoms with E-state index in [4.69, 9.17) is 10.5 Å². The van der Waals surface area contributed by atoms with Gasteiger partial charge in [-0.2, -0.15) is 0 Å². The maximum Gasteiger partial charge on any atom is 0.224 e. The molecule has 131 valence electrons. The Labute approximate surface area is 137 Å². The van der Waals surface area contributed by atoms with Crippen LogP contribution in [0.15, 0.2) is 0 Å². The van der Waals surface area contributed by atoms with Gasteiger partial charge in [-0.1, -0.05) is 13.8 Å².